The zero-order valence-electron chi connectivity index (χ0n) is 12.8. The Morgan fingerprint density at radius 1 is 1.35 bits per heavy atom. The van der Waals surface area contributed by atoms with Crippen LogP contribution in [0.3, 0.4) is 0 Å². The molecule has 9 heteroatoms. The number of amides is 1. The molecule has 1 heterocycles. The van der Waals surface area contributed by atoms with Crippen LogP contribution in [0.1, 0.15) is 23.2 Å². The van der Waals surface area contributed by atoms with E-state index in [1.54, 1.807) is 4.90 Å². The van der Waals surface area contributed by atoms with Crippen molar-refractivity contribution in [1.82, 2.24) is 10.2 Å². The summed E-state index contributed by atoms with van der Waals surface area (Å²) in [5, 5.41) is 3.15. The summed E-state index contributed by atoms with van der Waals surface area (Å²) in [6.07, 6.45) is 2.50. The normalized spacial score (nSPS) is 16.1. The number of carbonyl (C=O) groups is 1. The highest BCUT2D eigenvalue weighted by atomic mass is 79.9. The van der Waals surface area contributed by atoms with Gasteiger partial charge in [-0.25, -0.2) is 12.8 Å². The van der Waals surface area contributed by atoms with E-state index in [0.717, 1.165) is 19.1 Å². The fourth-order valence-corrected chi connectivity index (χ4v) is 3.92. The van der Waals surface area contributed by atoms with Crippen LogP contribution in [-0.4, -0.2) is 51.7 Å². The van der Waals surface area contributed by atoms with E-state index in [0.29, 0.717) is 23.6 Å². The van der Waals surface area contributed by atoms with Crippen molar-refractivity contribution in [3.8, 4) is 0 Å². The van der Waals surface area contributed by atoms with Gasteiger partial charge in [-0.15, -0.1) is 12.4 Å². The first-order valence-corrected chi connectivity index (χ1v) is 9.58. The fourth-order valence-electron chi connectivity index (χ4n) is 2.53. The molecule has 1 aliphatic heterocycles. The van der Waals surface area contributed by atoms with Gasteiger partial charge in [-0.2, -0.15) is 0 Å². The fraction of sp³-hybridized carbons (Fsp3) is 0.500. The molecule has 2 rings (SSSR count). The average molecular weight is 430 g/mol. The first-order valence-electron chi connectivity index (χ1n) is 6.89. The van der Waals surface area contributed by atoms with Crippen molar-refractivity contribution in [2.75, 3.05) is 26.4 Å². The number of rotatable bonds is 3. The average Bonchev–Trinajstić information content (AvgIpc) is 2.47. The van der Waals surface area contributed by atoms with Crippen LogP contribution < -0.4 is 5.32 Å². The van der Waals surface area contributed by atoms with Crippen molar-refractivity contribution in [3.63, 3.8) is 0 Å². The number of likely N-dealkylation sites (tertiary alicyclic amines) is 1. The molecule has 1 aromatic rings. The summed E-state index contributed by atoms with van der Waals surface area (Å²) in [7, 11) is -1.87. The van der Waals surface area contributed by atoms with Crippen molar-refractivity contribution in [2.45, 2.75) is 23.8 Å². The predicted octanol–water partition coefficient (Wildman–Crippen LogP) is 2.24. The zero-order valence-corrected chi connectivity index (χ0v) is 16.0. The van der Waals surface area contributed by atoms with Gasteiger partial charge in [0.1, 0.15) is 4.90 Å². The molecule has 0 spiro atoms. The van der Waals surface area contributed by atoms with Gasteiger partial charge in [0.25, 0.3) is 5.91 Å². The van der Waals surface area contributed by atoms with Gasteiger partial charge < -0.3 is 10.2 Å². The number of sulfone groups is 1. The monoisotopic (exact) mass is 428 g/mol. The first kappa shape index (κ1) is 20.3. The van der Waals surface area contributed by atoms with Crippen LogP contribution in [-0.2, 0) is 9.84 Å². The second-order valence-electron chi connectivity index (χ2n) is 5.39. The molecule has 23 heavy (non-hydrogen) atoms. The Morgan fingerprint density at radius 3 is 2.39 bits per heavy atom. The number of piperidine rings is 1. The molecule has 1 aromatic carbocycles. The van der Waals surface area contributed by atoms with Gasteiger partial charge in [-0.05, 0) is 32.0 Å². The number of nitrogens with zero attached hydrogens (tertiary/aromatic N) is 1. The maximum absolute atomic E-state index is 14.4. The standard InChI is InChI=1S/C14H18BrFN2O3S.ClH/c1-17-10-3-5-18(6-4-10)14(19)11-7-9(15)8-12(13(11)16)22(2,20)21;/h7-8,10,17H,3-6H2,1-2H3;1H. The van der Waals surface area contributed by atoms with Gasteiger partial charge in [-0.3, -0.25) is 4.79 Å². The van der Waals surface area contributed by atoms with Crippen LogP contribution in [0.25, 0.3) is 0 Å². The molecule has 1 aliphatic rings. The van der Waals surface area contributed by atoms with Crippen molar-refractivity contribution in [2.24, 2.45) is 0 Å². The number of carbonyl (C=O) groups excluding carboxylic acids is 1. The molecule has 0 atom stereocenters. The Labute approximate surface area is 150 Å². The second kappa shape index (κ2) is 7.92. The Bertz CT molecular complexity index is 692. The molecule has 130 valence electrons. The molecule has 0 radical (unpaired) electrons. The van der Waals surface area contributed by atoms with E-state index in [1.165, 1.54) is 12.1 Å². The molecule has 0 aliphatic carbocycles. The molecule has 0 unspecified atom stereocenters. The molecular weight excluding hydrogens is 411 g/mol. The summed E-state index contributed by atoms with van der Waals surface area (Å²) in [4.78, 5) is 13.6. The summed E-state index contributed by atoms with van der Waals surface area (Å²) in [6.45, 7) is 1.04. The van der Waals surface area contributed by atoms with Crippen LogP contribution in [0, 0.1) is 5.82 Å². The van der Waals surface area contributed by atoms with E-state index in [4.69, 9.17) is 0 Å². The second-order valence-corrected chi connectivity index (χ2v) is 8.29. The maximum atomic E-state index is 14.4. The molecule has 1 amide bonds. The molecule has 0 aromatic heterocycles. The number of benzene rings is 1. The van der Waals surface area contributed by atoms with Gasteiger partial charge in [0, 0.05) is 29.9 Å². The Morgan fingerprint density at radius 2 is 1.91 bits per heavy atom. The maximum Gasteiger partial charge on any atom is 0.256 e. The van der Waals surface area contributed by atoms with Gasteiger partial charge in [-0.1, -0.05) is 15.9 Å². The third kappa shape index (κ3) is 4.65. The van der Waals surface area contributed by atoms with Gasteiger partial charge in [0.05, 0.1) is 5.56 Å². The lowest BCUT2D eigenvalue weighted by molar-refractivity contribution is 0.0702. The smallest absolute Gasteiger partial charge is 0.256 e. The largest absolute Gasteiger partial charge is 0.338 e. The minimum absolute atomic E-state index is 0. The summed E-state index contributed by atoms with van der Waals surface area (Å²) in [5.74, 6) is -1.45. The highest BCUT2D eigenvalue weighted by Gasteiger charge is 2.27. The molecular formula is C14H19BrClFN2O3S. The minimum atomic E-state index is -3.74. The molecule has 1 fully saturated rings. The lowest BCUT2D eigenvalue weighted by Gasteiger charge is -2.32. The third-order valence-electron chi connectivity index (χ3n) is 3.82. The van der Waals surface area contributed by atoms with Crippen LogP contribution in [0.5, 0.6) is 0 Å². The highest BCUT2D eigenvalue weighted by molar-refractivity contribution is 9.10. The quantitative estimate of drug-likeness (QED) is 0.800. The van der Waals surface area contributed by atoms with Crippen molar-refractivity contribution >= 4 is 44.1 Å². The van der Waals surface area contributed by atoms with Gasteiger partial charge in [0.15, 0.2) is 15.7 Å². The summed E-state index contributed by atoms with van der Waals surface area (Å²) >= 11 is 3.14. The Balaban J connectivity index is 0.00000264. The number of halogens is 3. The van der Waals surface area contributed by atoms with Crippen LogP contribution >= 0.6 is 28.3 Å². The molecule has 1 N–H and O–H groups in total. The van der Waals surface area contributed by atoms with Crippen LogP contribution in [0.15, 0.2) is 21.5 Å². The van der Waals surface area contributed by atoms with E-state index in [2.05, 4.69) is 21.2 Å². The van der Waals surface area contributed by atoms with Crippen molar-refractivity contribution in [1.29, 1.82) is 0 Å². The highest BCUT2D eigenvalue weighted by Crippen LogP contribution is 2.26. The van der Waals surface area contributed by atoms with Gasteiger partial charge in [0.2, 0.25) is 0 Å². The van der Waals surface area contributed by atoms with Gasteiger partial charge >= 0.3 is 0 Å². The van der Waals surface area contributed by atoms with Crippen LogP contribution in [0.2, 0.25) is 0 Å². The zero-order chi connectivity index (χ0) is 16.5. The summed E-state index contributed by atoms with van der Waals surface area (Å²) in [5.41, 5.74) is -0.210. The first-order chi connectivity index (χ1) is 10.2. The number of hydrogen-bond acceptors (Lipinski definition) is 4. The number of nitrogens with one attached hydrogen (secondary N) is 1. The lowest BCUT2D eigenvalue weighted by Crippen LogP contribution is -2.44. The van der Waals surface area contributed by atoms with Crippen molar-refractivity contribution in [3.05, 3.63) is 28.0 Å². The topological polar surface area (TPSA) is 66.5 Å². The third-order valence-corrected chi connectivity index (χ3v) is 5.38. The van der Waals surface area contributed by atoms with E-state index < -0.39 is 26.5 Å². The molecule has 1 saturated heterocycles. The van der Waals surface area contributed by atoms with Crippen LogP contribution in [0.4, 0.5) is 4.39 Å². The summed E-state index contributed by atoms with van der Waals surface area (Å²) in [6, 6.07) is 2.86. The summed E-state index contributed by atoms with van der Waals surface area (Å²) < 4.78 is 38.1. The SMILES string of the molecule is CNC1CCN(C(=O)c2cc(Br)cc(S(C)(=O)=O)c2F)CC1.Cl. The van der Waals surface area contributed by atoms with E-state index in [1.807, 2.05) is 7.05 Å². The number of hydrogen-bond donors (Lipinski definition) is 1. The van der Waals surface area contributed by atoms with E-state index in [-0.39, 0.29) is 18.0 Å². The predicted molar refractivity (Wildman–Crippen MR) is 92.4 cm³/mol. The van der Waals surface area contributed by atoms with Crippen molar-refractivity contribution < 1.29 is 17.6 Å². The Hall–Kier alpha value is -0.700. The molecule has 0 bridgehead atoms. The minimum Gasteiger partial charge on any atom is -0.338 e. The molecule has 5 nitrogen and oxygen atoms in total. The van der Waals surface area contributed by atoms with E-state index >= 15 is 0 Å². The Kier molecular flexibility index (Phi) is 7.00. The molecule has 0 saturated carbocycles. The van der Waals surface area contributed by atoms with E-state index in [9.17, 15) is 17.6 Å². The lowest BCUT2D eigenvalue weighted by atomic mass is 10.0.